The number of carboxylic acid groups (broad SMARTS) is 2. The van der Waals surface area contributed by atoms with Crippen LogP contribution < -0.4 is 27.0 Å². The monoisotopic (exact) mass is 1060 g/mol. The summed E-state index contributed by atoms with van der Waals surface area (Å²) < 4.78 is 53.2. The Morgan fingerprint density at radius 2 is 1.41 bits per heavy atom. The number of nitrogens with two attached hydrogens (primary N) is 1. The average molecular weight is 1060 g/mol. The second-order valence-corrected chi connectivity index (χ2v) is 19.5. The number of aromatic nitrogens is 1. The molecular formula is C53H79F2N7O13. The Morgan fingerprint density at radius 1 is 0.800 bits per heavy atom. The quantitative estimate of drug-likeness (QED) is 0.0383. The number of amides is 4. The first kappa shape index (κ1) is 63.4. The Balaban J connectivity index is 1.76. The highest BCUT2D eigenvalue weighted by Gasteiger charge is 2.38. The maximum atomic E-state index is 15.3. The van der Waals surface area contributed by atoms with E-state index in [1.165, 1.54) is 4.90 Å². The Hall–Kier alpha value is -5.88. The fraction of sp³-hybridized carbons (Fsp3) is 0.585. The molecule has 0 radical (unpaired) electrons. The molecule has 22 heteroatoms. The molecule has 0 spiro atoms. The van der Waals surface area contributed by atoms with E-state index in [4.69, 9.17) is 29.8 Å². The van der Waals surface area contributed by atoms with Gasteiger partial charge in [-0.05, 0) is 60.9 Å². The molecule has 2 aromatic carbocycles. The highest BCUT2D eigenvalue weighted by molar-refractivity contribution is 5.90. The number of benzene rings is 2. The minimum atomic E-state index is -1.34. The predicted molar refractivity (Wildman–Crippen MR) is 275 cm³/mol. The number of ether oxygens (including phenoxy) is 4. The summed E-state index contributed by atoms with van der Waals surface area (Å²) in [6, 6.07) is 10.7. The number of rotatable bonds is 37. The van der Waals surface area contributed by atoms with Crippen molar-refractivity contribution in [3.63, 3.8) is 0 Å². The van der Waals surface area contributed by atoms with Crippen LogP contribution in [0.3, 0.4) is 0 Å². The summed E-state index contributed by atoms with van der Waals surface area (Å²) in [6.45, 7) is 11.7. The third kappa shape index (κ3) is 22.5. The van der Waals surface area contributed by atoms with E-state index in [1.807, 2.05) is 76.4 Å². The molecule has 1 heterocycles. The molecule has 418 valence electrons. The van der Waals surface area contributed by atoms with Crippen LogP contribution in [0.15, 0.2) is 60.8 Å². The van der Waals surface area contributed by atoms with Crippen molar-refractivity contribution in [2.75, 3.05) is 85.6 Å². The van der Waals surface area contributed by atoms with Crippen LogP contribution in [-0.4, -0.2) is 164 Å². The van der Waals surface area contributed by atoms with Gasteiger partial charge in [0.05, 0.1) is 77.9 Å². The third-order valence-electron chi connectivity index (χ3n) is 12.7. The van der Waals surface area contributed by atoms with Gasteiger partial charge >= 0.3 is 11.9 Å². The summed E-state index contributed by atoms with van der Waals surface area (Å²) in [7, 11) is 0. The number of carbonyl (C=O) groups is 6. The number of carbonyl (C=O) groups excluding carboxylic acids is 4. The average Bonchev–Trinajstić information content (AvgIpc) is 3.77. The van der Waals surface area contributed by atoms with E-state index in [0.29, 0.717) is 17.7 Å². The largest absolute Gasteiger partial charge is 0.481 e. The second kappa shape index (κ2) is 32.5. The van der Waals surface area contributed by atoms with Crippen LogP contribution in [0, 0.1) is 23.0 Å². The van der Waals surface area contributed by atoms with Gasteiger partial charge in [-0.25, -0.2) is 8.78 Å². The number of hydrogen-bond acceptors (Lipinski definition) is 13. The molecule has 4 amide bonds. The molecular weight excluding hydrogens is 981 g/mol. The normalized spacial score (nSPS) is 14.0. The fourth-order valence-corrected chi connectivity index (χ4v) is 8.18. The lowest BCUT2D eigenvalue weighted by Gasteiger charge is -2.41. The molecule has 0 bridgehead atoms. The van der Waals surface area contributed by atoms with Gasteiger partial charge in [-0.3, -0.25) is 28.8 Å². The zero-order chi connectivity index (χ0) is 55.6. The van der Waals surface area contributed by atoms with Crippen molar-refractivity contribution in [1.82, 2.24) is 30.7 Å². The summed E-state index contributed by atoms with van der Waals surface area (Å²) in [5.41, 5.74) is 6.82. The molecule has 5 atom stereocenters. The zero-order valence-corrected chi connectivity index (χ0v) is 44.2. The minimum Gasteiger partial charge on any atom is -0.481 e. The van der Waals surface area contributed by atoms with Gasteiger partial charge in [-0.1, -0.05) is 71.4 Å². The summed E-state index contributed by atoms with van der Waals surface area (Å²) in [5.74, 6) is -5.88. The van der Waals surface area contributed by atoms with Crippen molar-refractivity contribution < 1.29 is 71.8 Å². The van der Waals surface area contributed by atoms with Gasteiger partial charge in [0.2, 0.25) is 23.6 Å². The standard InChI is InChI=1S/C53H79F2N7O13/c1-7-36(2)53(6,18-15-47(66)67)59-32-45(64)58-31-43(51(71)57-19-22-73-24-26-75-28-27-74-25-23-72-21-17-48(68)69)60-50(70)42(56)16-20-62(46(65)35-63)49(52(3,4)5)44-29-38(40-30-39(54)13-14-41(40)55)34-61(44)33-37-11-9-8-10-12-37/h8-14,29-30,34,36,42-43,49,59,63H,7,15-28,31-33,35,56H2,1-6H3,(H,57,71)(H,58,64)(H,60,70)(H,66,67)(H,68,69)/t36?,42-,43+,49-,53?/m0/s1. The van der Waals surface area contributed by atoms with Gasteiger partial charge in [0, 0.05) is 61.2 Å². The van der Waals surface area contributed by atoms with E-state index in [2.05, 4.69) is 21.3 Å². The van der Waals surface area contributed by atoms with Crippen LogP contribution in [0.1, 0.15) is 90.9 Å². The van der Waals surface area contributed by atoms with Gasteiger partial charge in [-0.2, -0.15) is 0 Å². The first-order valence-corrected chi connectivity index (χ1v) is 25.3. The molecule has 0 saturated heterocycles. The Bertz CT molecular complexity index is 2260. The highest BCUT2D eigenvalue weighted by atomic mass is 19.1. The molecule has 1 aromatic heterocycles. The van der Waals surface area contributed by atoms with Crippen LogP contribution in [0.5, 0.6) is 0 Å². The number of hydrogen-bond donors (Lipinski definition) is 8. The number of aliphatic hydroxyl groups excluding tert-OH is 1. The van der Waals surface area contributed by atoms with Crippen LogP contribution in [0.25, 0.3) is 11.1 Å². The minimum absolute atomic E-state index is 0.00536. The Morgan fingerprint density at radius 3 is 2.00 bits per heavy atom. The first-order valence-electron chi connectivity index (χ1n) is 25.3. The Kier molecular flexibility index (Phi) is 27.5. The molecule has 0 aliphatic carbocycles. The van der Waals surface area contributed by atoms with Crippen molar-refractivity contribution in [1.29, 1.82) is 0 Å². The van der Waals surface area contributed by atoms with Crippen LogP contribution >= 0.6 is 0 Å². The number of aliphatic carboxylic acids is 2. The predicted octanol–water partition coefficient (Wildman–Crippen LogP) is 3.62. The van der Waals surface area contributed by atoms with Gasteiger partial charge in [0.1, 0.15) is 24.3 Å². The van der Waals surface area contributed by atoms with E-state index in [1.54, 1.807) is 12.3 Å². The van der Waals surface area contributed by atoms with Crippen LogP contribution in [0.4, 0.5) is 8.78 Å². The molecule has 9 N–H and O–H groups in total. The van der Waals surface area contributed by atoms with Crippen LogP contribution in [-0.2, 0) is 54.3 Å². The molecule has 0 aliphatic rings. The van der Waals surface area contributed by atoms with Gasteiger partial charge in [0.15, 0.2) is 0 Å². The molecule has 2 unspecified atom stereocenters. The Labute approximate surface area is 438 Å². The third-order valence-corrected chi connectivity index (χ3v) is 12.7. The van der Waals surface area contributed by atoms with Crippen molar-refractivity contribution in [2.45, 2.75) is 104 Å². The summed E-state index contributed by atoms with van der Waals surface area (Å²) >= 11 is 0. The number of halogens is 2. The molecule has 3 rings (SSSR count). The van der Waals surface area contributed by atoms with E-state index in [9.17, 15) is 43.4 Å². The van der Waals surface area contributed by atoms with Crippen LogP contribution in [0.2, 0.25) is 0 Å². The smallest absolute Gasteiger partial charge is 0.305 e. The molecule has 0 aliphatic heterocycles. The number of carboxylic acids is 2. The van der Waals surface area contributed by atoms with Crippen molar-refractivity contribution in [3.8, 4) is 11.1 Å². The lowest BCUT2D eigenvalue weighted by Crippen LogP contribution is -2.57. The second-order valence-electron chi connectivity index (χ2n) is 19.5. The highest BCUT2D eigenvalue weighted by Crippen LogP contribution is 2.41. The molecule has 0 saturated carbocycles. The van der Waals surface area contributed by atoms with E-state index < -0.39 is 82.9 Å². The lowest BCUT2D eigenvalue weighted by molar-refractivity contribution is -0.140. The summed E-state index contributed by atoms with van der Waals surface area (Å²) in [5, 5.41) is 39.5. The SMILES string of the molecule is CCC(C)C(C)(CCC(=O)O)NCC(=O)NC[C@@H](NC(=O)[C@@H](N)CCN(C(=O)CO)[C@@H](c1cc(-c2cc(F)ccc2F)cn1Cc1ccccc1)C(C)(C)C)C(=O)NCCOCCOCCOCCOCCC(=O)O. The fourth-order valence-electron chi connectivity index (χ4n) is 8.18. The van der Waals surface area contributed by atoms with Gasteiger partial charge in [0.25, 0.3) is 0 Å². The van der Waals surface area contributed by atoms with E-state index >= 15 is 4.39 Å². The van der Waals surface area contributed by atoms with Gasteiger partial charge in [-0.15, -0.1) is 0 Å². The van der Waals surface area contributed by atoms with Crippen molar-refractivity contribution in [2.24, 2.45) is 17.1 Å². The van der Waals surface area contributed by atoms with Crippen molar-refractivity contribution >= 4 is 35.6 Å². The molecule has 20 nitrogen and oxygen atoms in total. The van der Waals surface area contributed by atoms with E-state index in [0.717, 1.165) is 23.8 Å². The van der Waals surface area contributed by atoms with E-state index in [-0.39, 0.29) is 123 Å². The maximum Gasteiger partial charge on any atom is 0.305 e. The number of aliphatic hydroxyl groups is 1. The topological polar surface area (TPSA) is 282 Å². The summed E-state index contributed by atoms with van der Waals surface area (Å²) in [6.07, 6.45) is 2.29. The van der Waals surface area contributed by atoms with Crippen molar-refractivity contribution in [3.05, 3.63) is 83.7 Å². The molecule has 75 heavy (non-hydrogen) atoms. The maximum absolute atomic E-state index is 15.3. The first-order chi connectivity index (χ1) is 35.6. The summed E-state index contributed by atoms with van der Waals surface area (Å²) in [4.78, 5) is 78.0. The van der Waals surface area contributed by atoms with Gasteiger partial charge < -0.3 is 70.7 Å². The zero-order valence-electron chi connectivity index (χ0n) is 44.2. The number of nitrogens with zero attached hydrogens (tertiary/aromatic N) is 2. The molecule has 0 fully saturated rings. The lowest BCUT2D eigenvalue weighted by atomic mass is 9.81. The number of nitrogens with one attached hydrogen (secondary N) is 4. The molecule has 3 aromatic rings.